The summed E-state index contributed by atoms with van der Waals surface area (Å²) < 4.78 is 16.2. The summed E-state index contributed by atoms with van der Waals surface area (Å²) in [5.74, 6) is 1.23. The fourth-order valence-electron chi connectivity index (χ4n) is 3.88. The first-order valence-corrected chi connectivity index (χ1v) is 9.49. The van der Waals surface area contributed by atoms with Crippen LogP contribution in [0, 0.1) is 0 Å². The average Bonchev–Trinajstić information content (AvgIpc) is 3.07. The van der Waals surface area contributed by atoms with Gasteiger partial charge in [0.2, 0.25) is 5.75 Å². The third kappa shape index (κ3) is 3.41. The molecule has 2 aromatic rings. The lowest BCUT2D eigenvalue weighted by Crippen LogP contribution is -2.44. The van der Waals surface area contributed by atoms with E-state index >= 15 is 0 Å². The number of nitrogens with one attached hydrogen (secondary N) is 2. The third-order valence-corrected chi connectivity index (χ3v) is 5.26. The number of carbonyl (C=O) groups excluding carboxylic acids is 2. The van der Waals surface area contributed by atoms with Gasteiger partial charge in [-0.05, 0) is 23.3 Å². The lowest BCUT2D eigenvalue weighted by atomic mass is 9.95. The molecular formula is C22H23N3O5. The molecule has 4 rings (SSSR count). The van der Waals surface area contributed by atoms with E-state index in [1.807, 2.05) is 30.3 Å². The number of benzene rings is 2. The fourth-order valence-corrected chi connectivity index (χ4v) is 3.88. The zero-order valence-corrected chi connectivity index (χ0v) is 17.0. The molecule has 0 radical (unpaired) electrons. The van der Waals surface area contributed by atoms with Crippen molar-refractivity contribution in [3.8, 4) is 17.2 Å². The molecule has 30 heavy (non-hydrogen) atoms. The Hall–Kier alpha value is -3.68. The van der Waals surface area contributed by atoms with Gasteiger partial charge in [0.1, 0.15) is 0 Å². The molecule has 2 aromatic carbocycles. The van der Waals surface area contributed by atoms with E-state index in [1.165, 1.54) is 21.3 Å². The molecule has 0 unspecified atom stereocenters. The molecule has 1 atom stereocenters. The van der Waals surface area contributed by atoms with Crippen LogP contribution in [0.2, 0.25) is 0 Å². The molecule has 0 saturated heterocycles. The van der Waals surface area contributed by atoms with E-state index in [2.05, 4.69) is 10.6 Å². The summed E-state index contributed by atoms with van der Waals surface area (Å²) in [5, 5.41) is 5.64. The van der Waals surface area contributed by atoms with Crippen molar-refractivity contribution in [1.29, 1.82) is 0 Å². The lowest BCUT2D eigenvalue weighted by Gasteiger charge is -2.26. The molecule has 2 aliphatic heterocycles. The number of rotatable bonds is 6. The van der Waals surface area contributed by atoms with E-state index in [4.69, 9.17) is 14.2 Å². The van der Waals surface area contributed by atoms with Crippen molar-refractivity contribution >= 4 is 11.9 Å². The van der Waals surface area contributed by atoms with Crippen LogP contribution in [0.25, 0.3) is 0 Å². The molecule has 3 amide bonds. The fraction of sp³-hybridized carbons (Fsp3) is 0.273. The molecule has 0 fully saturated rings. The highest BCUT2D eigenvalue weighted by atomic mass is 16.5. The Kier molecular flexibility index (Phi) is 5.22. The summed E-state index contributed by atoms with van der Waals surface area (Å²) in [7, 11) is 4.57. The first-order chi connectivity index (χ1) is 14.5. The number of hydrogen-bond acceptors (Lipinski definition) is 5. The van der Waals surface area contributed by atoms with Crippen LogP contribution >= 0.6 is 0 Å². The number of hydrogen-bond donors (Lipinski definition) is 2. The Labute approximate surface area is 174 Å². The number of amides is 3. The minimum atomic E-state index is -0.629. The average molecular weight is 409 g/mol. The zero-order valence-electron chi connectivity index (χ0n) is 17.0. The van der Waals surface area contributed by atoms with Crippen molar-refractivity contribution in [3.05, 3.63) is 64.9 Å². The largest absolute Gasteiger partial charge is 0.493 e. The van der Waals surface area contributed by atoms with Crippen LogP contribution in [-0.2, 0) is 11.3 Å². The van der Waals surface area contributed by atoms with Crippen molar-refractivity contribution in [2.75, 3.05) is 27.9 Å². The van der Waals surface area contributed by atoms with Crippen LogP contribution < -0.4 is 24.8 Å². The summed E-state index contributed by atoms with van der Waals surface area (Å²) in [6, 6.07) is 12.2. The maximum absolute atomic E-state index is 13.3. The van der Waals surface area contributed by atoms with Crippen LogP contribution in [0.4, 0.5) is 4.79 Å². The molecular weight excluding hydrogens is 386 g/mol. The summed E-state index contributed by atoms with van der Waals surface area (Å²) in [6.45, 7) is 0.807. The van der Waals surface area contributed by atoms with Gasteiger partial charge in [0.25, 0.3) is 5.91 Å². The molecule has 2 N–H and O–H groups in total. The van der Waals surface area contributed by atoms with Crippen molar-refractivity contribution in [2.24, 2.45) is 0 Å². The predicted molar refractivity (Wildman–Crippen MR) is 109 cm³/mol. The smallest absolute Gasteiger partial charge is 0.319 e. The Morgan fingerprint density at radius 1 is 1.00 bits per heavy atom. The standard InChI is InChI=1S/C22H23N3O5/c1-28-16-9-14(10-17(29-2)20(16)30-3)19-18-15(23-22(27)24-19)12-25(21(18)26)11-13-7-5-4-6-8-13/h4-10,19H,11-12H2,1-3H3,(H2,23,24,27)/t19-/m0/s1. The van der Waals surface area contributed by atoms with Crippen LogP contribution in [0.5, 0.6) is 17.2 Å². The van der Waals surface area contributed by atoms with Crippen LogP contribution in [0.1, 0.15) is 17.2 Å². The second-order valence-electron chi connectivity index (χ2n) is 7.03. The Balaban J connectivity index is 1.70. The van der Waals surface area contributed by atoms with Gasteiger partial charge in [-0.2, -0.15) is 0 Å². The highest BCUT2D eigenvalue weighted by Gasteiger charge is 2.40. The van der Waals surface area contributed by atoms with E-state index in [-0.39, 0.29) is 11.9 Å². The van der Waals surface area contributed by atoms with Crippen LogP contribution in [-0.4, -0.2) is 44.7 Å². The maximum atomic E-state index is 13.3. The molecule has 156 valence electrons. The molecule has 2 aliphatic rings. The molecule has 0 aromatic heterocycles. The number of methoxy groups -OCH3 is 3. The first kappa shape index (κ1) is 19.6. The molecule has 0 spiro atoms. The number of ether oxygens (including phenoxy) is 3. The Morgan fingerprint density at radius 2 is 1.67 bits per heavy atom. The molecule has 0 saturated carbocycles. The zero-order chi connectivity index (χ0) is 21.3. The quantitative estimate of drug-likeness (QED) is 0.765. The van der Waals surface area contributed by atoms with Crippen molar-refractivity contribution < 1.29 is 23.8 Å². The summed E-state index contributed by atoms with van der Waals surface area (Å²) in [6.07, 6.45) is 0. The summed E-state index contributed by atoms with van der Waals surface area (Å²) in [5.41, 5.74) is 2.81. The topological polar surface area (TPSA) is 89.1 Å². The third-order valence-electron chi connectivity index (χ3n) is 5.26. The number of carbonyl (C=O) groups is 2. The minimum absolute atomic E-state index is 0.125. The van der Waals surface area contributed by atoms with Gasteiger partial charge in [0, 0.05) is 6.54 Å². The molecule has 0 aliphatic carbocycles. The van der Waals surface area contributed by atoms with E-state index in [9.17, 15) is 9.59 Å². The van der Waals surface area contributed by atoms with Gasteiger partial charge in [0.05, 0.1) is 45.2 Å². The SMILES string of the molecule is COc1cc([C@@H]2NC(=O)NC3=C2C(=O)N(Cc2ccccc2)C3)cc(OC)c1OC. The second kappa shape index (κ2) is 7.98. The maximum Gasteiger partial charge on any atom is 0.319 e. The molecule has 8 nitrogen and oxygen atoms in total. The van der Waals surface area contributed by atoms with Gasteiger partial charge in [0.15, 0.2) is 11.5 Å². The van der Waals surface area contributed by atoms with E-state index in [1.54, 1.807) is 17.0 Å². The molecule has 2 heterocycles. The van der Waals surface area contributed by atoms with E-state index in [0.29, 0.717) is 47.2 Å². The van der Waals surface area contributed by atoms with Crippen LogP contribution in [0.3, 0.4) is 0 Å². The van der Waals surface area contributed by atoms with Gasteiger partial charge in [-0.25, -0.2) is 4.79 Å². The van der Waals surface area contributed by atoms with Crippen molar-refractivity contribution in [2.45, 2.75) is 12.6 Å². The van der Waals surface area contributed by atoms with Gasteiger partial charge in [-0.3, -0.25) is 4.79 Å². The summed E-state index contributed by atoms with van der Waals surface area (Å²) >= 11 is 0. The van der Waals surface area contributed by atoms with Gasteiger partial charge in [-0.1, -0.05) is 30.3 Å². The minimum Gasteiger partial charge on any atom is -0.493 e. The van der Waals surface area contributed by atoms with E-state index in [0.717, 1.165) is 5.56 Å². The second-order valence-corrected chi connectivity index (χ2v) is 7.03. The van der Waals surface area contributed by atoms with Gasteiger partial charge < -0.3 is 29.7 Å². The normalized spacial score (nSPS) is 18.0. The lowest BCUT2D eigenvalue weighted by molar-refractivity contribution is -0.126. The van der Waals surface area contributed by atoms with Gasteiger partial charge >= 0.3 is 6.03 Å². The molecule has 0 bridgehead atoms. The van der Waals surface area contributed by atoms with Crippen molar-refractivity contribution in [1.82, 2.24) is 15.5 Å². The Bertz CT molecular complexity index is 994. The number of urea groups is 1. The highest BCUT2D eigenvalue weighted by Crippen LogP contribution is 2.42. The number of nitrogens with zero attached hydrogens (tertiary/aromatic N) is 1. The van der Waals surface area contributed by atoms with Crippen molar-refractivity contribution in [3.63, 3.8) is 0 Å². The van der Waals surface area contributed by atoms with Gasteiger partial charge in [-0.15, -0.1) is 0 Å². The van der Waals surface area contributed by atoms with E-state index < -0.39 is 6.04 Å². The molecule has 8 heteroatoms. The highest BCUT2D eigenvalue weighted by molar-refractivity contribution is 6.01. The van der Waals surface area contributed by atoms with Crippen LogP contribution in [0.15, 0.2) is 53.7 Å². The monoisotopic (exact) mass is 409 g/mol. The Morgan fingerprint density at radius 3 is 2.27 bits per heavy atom. The summed E-state index contributed by atoms with van der Waals surface area (Å²) in [4.78, 5) is 27.3. The first-order valence-electron chi connectivity index (χ1n) is 9.49. The predicted octanol–water partition coefficient (Wildman–Crippen LogP) is 2.36.